The van der Waals surface area contributed by atoms with Gasteiger partial charge in [0.2, 0.25) is 0 Å². The van der Waals surface area contributed by atoms with E-state index in [4.69, 9.17) is 5.73 Å². The fourth-order valence-electron chi connectivity index (χ4n) is 6.21. The first-order valence-electron chi connectivity index (χ1n) is 8.80. The third kappa shape index (κ3) is 1.88. The zero-order chi connectivity index (χ0) is 14.4. The van der Waals surface area contributed by atoms with Crippen LogP contribution in [0.25, 0.3) is 0 Å². The Hall–Kier alpha value is -1.02. The van der Waals surface area contributed by atoms with Crippen LogP contribution in [-0.4, -0.2) is 18.6 Å². The number of nitrogens with two attached hydrogens (primary N) is 1. The topological polar surface area (TPSA) is 29.3 Å². The Morgan fingerprint density at radius 3 is 2.05 bits per heavy atom. The molecule has 0 spiro atoms. The molecule has 1 aromatic rings. The van der Waals surface area contributed by atoms with Crippen LogP contribution in [0, 0.1) is 23.7 Å². The SMILES string of the molecule is CCN(c1ccccc1)C1(CN)C2CC3CC(C2)CC1C3. The van der Waals surface area contributed by atoms with Gasteiger partial charge < -0.3 is 10.6 Å². The number of rotatable bonds is 4. The largest absolute Gasteiger partial charge is 0.364 e. The second kappa shape index (κ2) is 5.01. The fraction of sp³-hybridized carbons (Fsp3) is 0.684. The molecular formula is C19H28N2. The highest BCUT2D eigenvalue weighted by Crippen LogP contribution is 2.60. The molecule has 0 aromatic heterocycles. The summed E-state index contributed by atoms with van der Waals surface area (Å²) in [6.45, 7) is 4.20. The van der Waals surface area contributed by atoms with Crippen molar-refractivity contribution in [1.82, 2.24) is 0 Å². The molecule has 4 bridgehead atoms. The molecule has 0 heterocycles. The molecule has 2 heteroatoms. The molecule has 2 nitrogen and oxygen atoms in total. The Kier molecular flexibility index (Phi) is 3.25. The molecule has 0 saturated heterocycles. The molecular weight excluding hydrogens is 256 g/mol. The average molecular weight is 284 g/mol. The van der Waals surface area contributed by atoms with Crippen LogP contribution < -0.4 is 10.6 Å². The Morgan fingerprint density at radius 2 is 1.57 bits per heavy atom. The van der Waals surface area contributed by atoms with Crippen molar-refractivity contribution in [3.8, 4) is 0 Å². The molecule has 4 aliphatic carbocycles. The Labute approximate surface area is 128 Å². The van der Waals surface area contributed by atoms with Crippen molar-refractivity contribution >= 4 is 5.69 Å². The summed E-state index contributed by atoms with van der Waals surface area (Å²) in [4.78, 5) is 2.67. The number of nitrogens with zero attached hydrogens (tertiary/aromatic N) is 1. The molecule has 1 aromatic carbocycles. The molecule has 4 saturated carbocycles. The van der Waals surface area contributed by atoms with Gasteiger partial charge in [0, 0.05) is 18.8 Å². The van der Waals surface area contributed by atoms with E-state index in [1.165, 1.54) is 37.8 Å². The van der Waals surface area contributed by atoms with Gasteiger partial charge in [-0.25, -0.2) is 0 Å². The van der Waals surface area contributed by atoms with E-state index in [2.05, 4.69) is 42.2 Å². The summed E-state index contributed by atoms with van der Waals surface area (Å²) < 4.78 is 0. The number of likely N-dealkylation sites (N-methyl/N-ethyl adjacent to an activating group) is 1. The number of hydrogen-bond donors (Lipinski definition) is 1. The molecule has 4 fully saturated rings. The van der Waals surface area contributed by atoms with Crippen LogP contribution in [-0.2, 0) is 0 Å². The molecule has 5 rings (SSSR count). The second-order valence-electron chi connectivity index (χ2n) is 7.58. The summed E-state index contributed by atoms with van der Waals surface area (Å²) >= 11 is 0. The van der Waals surface area contributed by atoms with Gasteiger partial charge in [-0.3, -0.25) is 0 Å². The van der Waals surface area contributed by atoms with Gasteiger partial charge in [-0.05, 0) is 74.8 Å². The van der Waals surface area contributed by atoms with Crippen LogP contribution in [0.2, 0.25) is 0 Å². The lowest BCUT2D eigenvalue weighted by molar-refractivity contribution is -0.0542. The lowest BCUT2D eigenvalue weighted by atomic mass is 9.48. The minimum atomic E-state index is 0.226. The highest BCUT2D eigenvalue weighted by atomic mass is 15.2. The maximum absolute atomic E-state index is 6.46. The van der Waals surface area contributed by atoms with E-state index < -0.39 is 0 Å². The Balaban J connectivity index is 1.75. The van der Waals surface area contributed by atoms with Crippen LogP contribution >= 0.6 is 0 Å². The first-order valence-corrected chi connectivity index (χ1v) is 8.80. The van der Waals surface area contributed by atoms with Crippen molar-refractivity contribution in [2.24, 2.45) is 29.4 Å². The van der Waals surface area contributed by atoms with E-state index in [1.807, 2.05) is 0 Å². The predicted octanol–water partition coefficient (Wildman–Crippen LogP) is 3.67. The summed E-state index contributed by atoms with van der Waals surface area (Å²) in [5, 5.41) is 0. The Morgan fingerprint density at radius 1 is 1.00 bits per heavy atom. The highest BCUT2D eigenvalue weighted by molar-refractivity contribution is 5.50. The average Bonchev–Trinajstić information content (AvgIpc) is 2.51. The van der Waals surface area contributed by atoms with Gasteiger partial charge in [-0.2, -0.15) is 0 Å². The van der Waals surface area contributed by atoms with E-state index in [-0.39, 0.29) is 5.54 Å². The summed E-state index contributed by atoms with van der Waals surface area (Å²) in [5.74, 6) is 3.64. The smallest absolute Gasteiger partial charge is 0.0580 e. The summed E-state index contributed by atoms with van der Waals surface area (Å²) in [6, 6.07) is 11.0. The molecule has 0 radical (unpaired) electrons. The van der Waals surface area contributed by atoms with E-state index >= 15 is 0 Å². The molecule has 0 amide bonds. The van der Waals surface area contributed by atoms with Gasteiger partial charge in [0.15, 0.2) is 0 Å². The fourth-order valence-corrected chi connectivity index (χ4v) is 6.21. The standard InChI is InChI=1S/C19H28N2/c1-2-21(18-6-4-3-5-7-18)19(13-20)16-9-14-8-15(11-16)12-17(19)10-14/h3-7,14-17H,2,8-13,20H2,1H3. The molecule has 4 aliphatic rings. The van der Waals surface area contributed by atoms with Crippen molar-refractivity contribution < 1.29 is 0 Å². The van der Waals surface area contributed by atoms with E-state index in [0.717, 1.165) is 36.8 Å². The van der Waals surface area contributed by atoms with Gasteiger partial charge in [-0.1, -0.05) is 18.2 Å². The summed E-state index contributed by atoms with van der Waals surface area (Å²) in [6.07, 6.45) is 7.20. The zero-order valence-corrected chi connectivity index (χ0v) is 13.2. The van der Waals surface area contributed by atoms with Crippen LogP contribution in [0.4, 0.5) is 5.69 Å². The molecule has 2 N–H and O–H groups in total. The minimum absolute atomic E-state index is 0.226. The number of benzene rings is 1. The quantitative estimate of drug-likeness (QED) is 0.914. The normalized spacial score (nSPS) is 40.5. The Bertz CT molecular complexity index is 468. The lowest BCUT2D eigenvalue weighted by Gasteiger charge is -2.65. The lowest BCUT2D eigenvalue weighted by Crippen LogP contribution is -2.69. The van der Waals surface area contributed by atoms with E-state index in [1.54, 1.807) is 0 Å². The van der Waals surface area contributed by atoms with Crippen molar-refractivity contribution in [2.75, 3.05) is 18.0 Å². The first-order chi connectivity index (χ1) is 10.3. The molecule has 0 aliphatic heterocycles. The van der Waals surface area contributed by atoms with Crippen LogP contribution in [0.5, 0.6) is 0 Å². The van der Waals surface area contributed by atoms with Gasteiger partial charge in [-0.15, -0.1) is 0 Å². The van der Waals surface area contributed by atoms with Gasteiger partial charge in [0.1, 0.15) is 0 Å². The molecule has 21 heavy (non-hydrogen) atoms. The highest BCUT2D eigenvalue weighted by Gasteiger charge is 2.58. The maximum atomic E-state index is 6.46. The summed E-state index contributed by atoms with van der Waals surface area (Å²) in [7, 11) is 0. The maximum Gasteiger partial charge on any atom is 0.0580 e. The number of hydrogen-bond acceptors (Lipinski definition) is 2. The van der Waals surface area contributed by atoms with Crippen LogP contribution in [0.3, 0.4) is 0 Å². The van der Waals surface area contributed by atoms with Gasteiger partial charge in [0.25, 0.3) is 0 Å². The van der Waals surface area contributed by atoms with Crippen LogP contribution in [0.15, 0.2) is 30.3 Å². The minimum Gasteiger partial charge on any atom is -0.364 e. The molecule has 0 unspecified atom stereocenters. The monoisotopic (exact) mass is 284 g/mol. The first kappa shape index (κ1) is 13.6. The number of para-hydroxylation sites is 1. The van der Waals surface area contributed by atoms with Gasteiger partial charge >= 0.3 is 0 Å². The van der Waals surface area contributed by atoms with Crippen molar-refractivity contribution in [3.05, 3.63) is 30.3 Å². The van der Waals surface area contributed by atoms with Crippen molar-refractivity contribution in [1.29, 1.82) is 0 Å². The third-order valence-electron chi connectivity index (χ3n) is 6.77. The van der Waals surface area contributed by atoms with Gasteiger partial charge in [0.05, 0.1) is 5.54 Å². The summed E-state index contributed by atoms with van der Waals surface area (Å²) in [5.41, 5.74) is 8.06. The number of anilines is 1. The van der Waals surface area contributed by atoms with E-state index in [0.29, 0.717) is 0 Å². The molecule has 0 atom stereocenters. The zero-order valence-electron chi connectivity index (χ0n) is 13.2. The predicted molar refractivity (Wildman–Crippen MR) is 88.3 cm³/mol. The van der Waals surface area contributed by atoms with E-state index in [9.17, 15) is 0 Å². The van der Waals surface area contributed by atoms with Crippen molar-refractivity contribution in [3.63, 3.8) is 0 Å². The third-order valence-corrected chi connectivity index (χ3v) is 6.77. The molecule has 114 valence electrons. The van der Waals surface area contributed by atoms with Crippen molar-refractivity contribution in [2.45, 2.75) is 44.6 Å². The second-order valence-corrected chi connectivity index (χ2v) is 7.58. The van der Waals surface area contributed by atoms with Crippen LogP contribution in [0.1, 0.15) is 39.0 Å².